The third-order valence-corrected chi connectivity index (χ3v) is 2.36. The number of benzene rings is 2. The Hall–Kier alpha value is -2.69. The molecule has 1 amide bonds. The summed E-state index contributed by atoms with van der Waals surface area (Å²) in [5.74, 6) is -2.22. The summed E-state index contributed by atoms with van der Waals surface area (Å²) >= 11 is 0. The summed E-state index contributed by atoms with van der Waals surface area (Å²) in [6.07, 6.45) is 0. The van der Waals surface area contributed by atoms with Gasteiger partial charge in [0, 0.05) is 0 Å². The lowest BCUT2D eigenvalue weighted by molar-refractivity contribution is 0.0228. The first kappa shape index (κ1) is 12.8. The van der Waals surface area contributed by atoms with Gasteiger partial charge < -0.3 is 4.84 Å². The molecule has 0 aliphatic rings. The molecule has 19 heavy (non-hydrogen) atoms. The molecule has 0 saturated carbocycles. The van der Waals surface area contributed by atoms with Gasteiger partial charge in [-0.1, -0.05) is 30.3 Å². The highest BCUT2D eigenvalue weighted by Gasteiger charge is 2.13. The molecule has 2 aromatic rings. The average molecular weight is 259 g/mol. The molecule has 4 nitrogen and oxygen atoms in total. The summed E-state index contributed by atoms with van der Waals surface area (Å²) in [5, 5.41) is 0. The lowest BCUT2D eigenvalue weighted by atomic mass is 10.2. The van der Waals surface area contributed by atoms with Gasteiger partial charge in [0.25, 0.3) is 5.91 Å². The van der Waals surface area contributed by atoms with Crippen LogP contribution in [0.15, 0.2) is 54.6 Å². The molecule has 5 heteroatoms. The molecule has 1 N–H and O–H groups in total. The lowest BCUT2D eigenvalue weighted by Crippen LogP contribution is -2.27. The van der Waals surface area contributed by atoms with Crippen LogP contribution < -0.4 is 5.48 Å². The fraction of sp³-hybridized carbons (Fsp3) is 0. The second kappa shape index (κ2) is 5.77. The maximum absolute atomic E-state index is 13.3. The van der Waals surface area contributed by atoms with E-state index in [0.29, 0.717) is 0 Å². The third-order valence-electron chi connectivity index (χ3n) is 2.36. The van der Waals surface area contributed by atoms with Crippen LogP contribution in [0, 0.1) is 5.82 Å². The van der Waals surface area contributed by atoms with E-state index in [2.05, 4.69) is 4.84 Å². The van der Waals surface area contributed by atoms with Crippen LogP contribution in [0.2, 0.25) is 0 Å². The normalized spacial score (nSPS) is 9.74. The van der Waals surface area contributed by atoms with E-state index in [1.807, 2.05) is 5.48 Å². The number of hydrogen-bond donors (Lipinski definition) is 1. The fourth-order valence-corrected chi connectivity index (χ4v) is 1.43. The molecular weight excluding hydrogens is 249 g/mol. The molecule has 96 valence electrons. The second-order valence-corrected chi connectivity index (χ2v) is 3.67. The molecule has 0 unspecified atom stereocenters. The van der Waals surface area contributed by atoms with E-state index in [1.165, 1.54) is 30.3 Å². The Balaban J connectivity index is 1.98. The zero-order chi connectivity index (χ0) is 13.7. The van der Waals surface area contributed by atoms with Crippen LogP contribution in [0.4, 0.5) is 4.39 Å². The molecule has 0 saturated heterocycles. The number of hydrogen-bond acceptors (Lipinski definition) is 3. The highest BCUT2D eigenvalue weighted by atomic mass is 19.1. The quantitative estimate of drug-likeness (QED) is 0.842. The molecule has 0 aliphatic carbocycles. The first-order chi connectivity index (χ1) is 9.18. The largest absolute Gasteiger partial charge is 0.362 e. The van der Waals surface area contributed by atoms with Crippen LogP contribution in [0.5, 0.6) is 0 Å². The van der Waals surface area contributed by atoms with Gasteiger partial charge >= 0.3 is 5.97 Å². The molecule has 2 rings (SSSR count). The van der Waals surface area contributed by atoms with Crippen molar-refractivity contribution in [2.45, 2.75) is 0 Å². The topological polar surface area (TPSA) is 55.4 Å². The minimum atomic E-state index is -0.817. The zero-order valence-electron chi connectivity index (χ0n) is 9.80. The molecular formula is C14H10FNO3. The van der Waals surface area contributed by atoms with Gasteiger partial charge in [0.2, 0.25) is 0 Å². The summed E-state index contributed by atoms with van der Waals surface area (Å²) in [6, 6.07) is 13.6. The SMILES string of the molecule is O=C(ONC(=O)c1ccccc1F)c1ccccc1. The maximum Gasteiger partial charge on any atom is 0.362 e. The van der Waals surface area contributed by atoms with E-state index in [4.69, 9.17) is 0 Å². The predicted octanol–water partition coefficient (Wildman–Crippen LogP) is 2.33. The summed E-state index contributed by atoms with van der Waals surface area (Å²) in [7, 11) is 0. The van der Waals surface area contributed by atoms with Crippen molar-refractivity contribution in [3.05, 3.63) is 71.5 Å². The van der Waals surface area contributed by atoms with Gasteiger partial charge in [0.05, 0.1) is 11.1 Å². The predicted molar refractivity (Wildman–Crippen MR) is 65.7 cm³/mol. The number of halogens is 1. The average Bonchev–Trinajstić information content (AvgIpc) is 2.46. The van der Waals surface area contributed by atoms with Gasteiger partial charge in [-0.25, -0.2) is 9.18 Å². The monoisotopic (exact) mass is 259 g/mol. The smallest absolute Gasteiger partial charge is 0.335 e. The summed E-state index contributed by atoms with van der Waals surface area (Å²) in [4.78, 5) is 27.7. The van der Waals surface area contributed by atoms with E-state index >= 15 is 0 Å². The maximum atomic E-state index is 13.3. The van der Waals surface area contributed by atoms with Crippen molar-refractivity contribution in [3.8, 4) is 0 Å². The Labute approximate surface area is 108 Å². The van der Waals surface area contributed by atoms with Crippen LogP contribution in [0.25, 0.3) is 0 Å². The molecule has 0 bridgehead atoms. The summed E-state index contributed by atoms with van der Waals surface area (Å²) in [5.41, 5.74) is 2.01. The Morgan fingerprint density at radius 3 is 2.26 bits per heavy atom. The molecule has 0 atom stereocenters. The third kappa shape index (κ3) is 3.16. The molecule has 0 aromatic heterocycles. The molecule has 0 fully saturated rings. The van der Waals surface area contributed by atoms with Crippen molar-refractivity contribution in [2.24, 2.45) is 0 Å². The van der Waals surface area contributed by atoms with Crippen LogP contribution in [-0.2, 0) is 4.84 Å². The minimum Gasteiger partial charge on any atom is -0.335 e. The van der Waals surface area contributed by atoms with Gasteiger partial charge in [-0.05, 0) is 24.3 Å². The Kier molecular flexibility index (Phi) is 3.87. The van der Waals surface area contributed by atoms with Gasteiger partial charge in [0.15, 0.2) is 0 Å². The second-order valence-electron chi connectivity index (χ2n) is 3.67. The molecule has 2 aromatic carbocycles. The number of carbonyl (C=O) groups excluding carboxylic acids is 2. The van der Waals surface area contributed by atoms with Gasteiger partial charge in [-0.3, -0.25) is 4.79 Å². The van der Waals surface area contributed by atoms with E-state index in [1.54, 1.807) is 18.2 Å². The molecule has 0 heterocycles. The first-order valence-electron chi connectivity index (χ1n) is 5.49. The number of rotatable bonds is 2. The highest BCUT2D eigenvalue weighted by Crippen LogP contribution is 2.06. The van der Waals surface area contributed by atoms with Gasteiger partial charge in [-0.15, -0.1) is 0 Å². The van der Waals surface area contributed by atoms with Crippen molar-refractivity contribution >= 4 is 11.9 Å². The van der Waals surface area contributed by atoms with Crippen molar-refractivity contribution in [1.82, 2.24) is 5.48 Å². The zero-order valence-corrected chi connectivity index (χ0v) is 9.80. The van der Waals surface area contributed by atoms with Crippen LogP contribution in [-0.4, -0.2) is 11.9 Å². The molecule has 0 radical (unpaired) electrons. The number of amides is 1. The minimum absolute atomic E-state index is 0.191. The molecule has 0 spiro atoms. The number of carbonyl (C=O) groups is 2. The molecule has 0 aliphatic heterocycles. The van der Waals surface area contributed by atoms with Crippen LogP contribution >= 0.6 is 0 Å². The van der Waals surface area contributed by atoms with Crippen LogP contribution in [0.1, 0.15) is 20.7 Å². The Bertz CT molecular complexity index is 599. The van der Waals surface area contributed by atoms with E-state index in [0.717, 1.165) is 6.07 Å². The van der Waals surface area contributed by atoms with E-state index in [9.17, 15) is 14.0 Å². The first-order valence-corrected chi connectivity index (χ1v) is 5.49. The summed E-state index contributed by atoms with van der Waals surface area (Å²) < 4.78 is 13.3. The Morgan fingerprint density at radius 1 is 0.947 bits per heavy atom. The van der Waals surface area contributed by atoms with Crippen LogP contribution in [0.3, 0.4) is 0 Å². The van der Waals surface area contributed by atoms with Crippen molar-refractivity contribution < 1.29 is 18.8 Å². The highest BCUT2D eigenvalue weighted by molar-refractivity contribution is 5.96. The number of hydroxylamine groups is 1. The van der Waals surface area contributed by atoms with Crippen molar-refractivity contribution in [2.75, 3.05) is 0 Å². The van der Waals surface area contributed by atoms with Gasteiger partial charge in [0.1, 0.15) is 5.82 Å². The van der Waals surface area contributed by atoms with E-state index < -0.39 is 17.7 Å². The fourth-order valence-electron chi connectivity index (χ4n) is 1.43. The van der Waals surface area contributed by atoms with Crippen molar-refractivity contribution in [3.63, 3.8) is 0 Å². The Morgan fingerprint density at radius 2 is 1.58 bits per heavy atom. The van der Waals surface area contributed by atoms with Crippen molar-refractivity contribution in [1.29, 1.82) is 0 Å². The van der Waals surface area contributed by atoms with Gasteiger partial charge in [-0.2, -0.15) is 5.48 Å². The number of nitrogens with one attached hydrogen (secondary N) is 1. The standard InChI is InChI=1S/C14H10FNO3/c15-12-9-5-4-8-11(12)13(17)16-19-14(18)10-6-2-1-3-7-10/h1-9H,(H,16,17). The van der Waals surface area contributed by atoms with E-state index in [-0.39, 0.29) is 11.1 Å². The lowest BCUT2D eigenvalue weighted by Gasteiger charge is -2.06. The summed E-state index contributed by atoms with van der Waals surface area (Å²) in [6.45, 7) is 0.